The van der Waals surface area contributed by atoms with Gasteiger partial charge in [0, 0.05) is 18.3 Å². The number of Topliss-reactive ketones (excluding diaryl/α,β-unsaturated/α-hetero) is 1. The van der Waals surface area contributed by atoms with E-state index in [1.807, 2.05) is 10.6 Å². The molecule has 0 amide bonds. The lowest BCUT2D eigenvalue weighted by atomic mass is 10.0. The molecule has 110 valence electrons. The molecule has 0 saturated heterocycles. The number of aromatic nitrogens is 2. The van der Waals surface area contributed by atoms with Crippen LogP contribution in [0.25, 0.3) is 11.3 Å². The van der Waals surface area contributed by atoms with Crippen LogP contribution < -0.4 is 0 Å². The maximum atomic E-state index is 12.0. The van der Waals surface area contributed by atoms with Crippen LogP contribution in [-0.4, -0.2) is 20.4 Å². The lowest BCUT2D eigenvalue weighted by molar-refractivity contribution is 0.0995. The van der Waals surface area contributed by atoms with E-state index in [1.165, 1.54) is 6.92 Å². The first-order valence-corrected chi connectivity index (χ1v) is 7.49. The second-order valence-corrected chi connectivity index (χ2v) is 5.87. The first kappa shape index (κ1) is 14.6. The summed E-state index contributed by atoms with van der Waals surface area (Å²) >= 11 is 12.6. The van der Waals surface area contributed by atoms with Gasteiger partial charge in [0.2, 0.25) is 0 Å². The number of ketones is 1. The van der Waals surface area contributed by atoms with Crippen LogP contribution in [0.1, 0.15) is 41.9 Å². The van der Waals surface area contributed by atoms with Crippen molar-refractivity contribution in [3.8, 4) is 11.3 Å². The molecule has 4 nitrogen and oxygen atoms in total. The highest BCUT2D eigenvalue weighted by atomic mass is 35.5. The Morgan fingerprint density at radius 2 is 2.24 bits per heavy atom. The summed E-state index contributed by atoms with van der Waals surface area (Å²) in [6, 6.07) is 3.58. The number of hydrogen-bond donors (Lipinski definition) is 1. The van der Waals surface area contributed by atoms with E-state index in [-0.39, 0.29) is 5.78 Å². The number of nitrogens with zero attached hydrogens (tertiary/aromatic N) is 2. The molecule has 1 atom stereocenters. The van der Waals surface area contributed by atoms with Crippen LogP contribution in [0.15, 0.2) is 18.3 Å². The molecule has 0 aliphatic carbocycles. The van der Waals surface area contributed by atoms with Gasteiger partial charge < -0.3 is 9.67 Å². The number of aliphatic hydroxyl groups excluding tert-OH is 1. The lowest BCUT2D eigenvalue weighted by Crippen LogP contribution is -2.17. The third kappa shape index (κ3) is 2.27. The Labute approximate surface area is 132 Å². The second kappa shape index (κ2) is 5.44. The number of hydrogen-bond acceptors (Lipinski definition) is 3. The molecule has 2 aromatic rings. The van der Waals surface area contributed by atoms with Gasteiger partial charge in [-0.15, -0.1) is 0 Å². The minimum Gasteiger partial charge on any atom is -0.387 e. The molecule has 0 saturated carbocycles. The van der Waals surface area contributed by atoms with Gasteiger partial charge in [0.1, 0.15) is 5.15 Å². The van der Waals surface area contributed by atoms with E-state index in [2.05, 4.69) is 4.98 Å². The Kier molecular flexibility index (Phi) is 3.78. The molecule has 2 aromatic heterocycles. The molecule has 1 aliphatic rings. The third-order valence-corrected chi connectivity index (χ3v) is 4.45. The number of pyridine rings is 1. The summed E-state index contributed by atoms with van der Waals surface area (Å²) in [5, 5.41) is 10.9. The fourth-order valence-corrected chi connectivity index (χ4v) is 3.57. The monoisotopic (exact) mass is 324 g/mol. The molecule has 3 heterocycles. The lowest BCUT2D eigenvalue weighted by Gasteiger charge is -2.23. The van der Waals surface area contributed by atoms with Crippen molar-refractivity contribution >= 4 is 29.0 Å². The van der Waals surface area contributed by atoms with E-state index < -0.39 is 6.10 Å². The fourth-order valence-electron chi connectivity index (χ4n) is 2.92. The quantitative estimate of drug-likeness (QED) is 0.673. The molecule has 0 fully saturated rings. The van der Waals surface area contributed by atoms with Gasteiger partial charge in [0.05, 0.1) is 28.1 Å². The SMILES string of the molecule is CC(=O)c1c(Cl)c(-c2cccnc2Cl)n2c1C(O)CCC2. The van der Waals surface area contributed by atoms with Crippen molar-refractivity contribution in [2.45, 2.75) is 32.4 Å². The van der Waals surface area contributed by atoms with Gasteiger partial charge in [-0.2, -0.15) is 0 Å². The Morgan fingerprint density at radius 3 is 2.90 bits per heavy atom. The Morgan fingerprint density at radius 1 is 1.48 bits per heavy atom. The third-order valence-electron chi connectivity index (χ3n) is 3.79. The van der Waals surface area contributed by atoms with Gasteiger partial charge in [-0.05, 0) is 31.9 Å². The summed E-state index contributed by atoms with van der Waals surface area (Å²) < 4.78 is 1.90. The number of aliphatic hydroxyl groups is 1. The molecule has 1 unspecified atom stereocenters. The number of halogens is 2. The normalized spacial score (nSPS) is 17.6. The Hall–Kier alpha value is -1.36. The highest BCUT2D eigenvalue weighted by molar-refractivity contribution is 6.38. The molecular weight excluding hydrogens is 311 g/mol. The molecule has 3 rings (SSSR count). The maximum absolute atomic E-state index is 12.0. The van der Waals surface area contributed by atoms with Crippen molar-refractivity contribution in [3.05, 3.63) is 39.8 Å². The molecular formula is C15H14Cl2N2O2. The van der Waals surface area contributed by atoms with E-state index in [0.29, 0.717) is 45.7 Å². The molecule has 0 radical (unpaired) electrons. The van der Waals surface area contributed by atoms with E-state index >= 15 is 0 Å². The van der Waals surface area contributed by atoms with Gasteiger partial charge in [-0.1, -0.05) is 23.2 Å². The Bertz CT molecular complexity index is 725. The molecule has 6 heteroatoms. The predicted octanol–water partition coefficient (Wildman–Crippen LogP) is 3.89. The van der Waals surface area contributed by atoms with Crippen molar-refractivity contribution in [2.24, 2.45) is 0 Å². The van der Waals surface area contributed by atoms with Crippen LogP contribution in [0.3, 0.4) is 0 Å². The molecule has 0 bridgehead atoms. The van der Waals surface area contributed by atoms with Crippen LogP contribution in [0.2, 0.25) is 10.2 Å². The van der Waals surface area contributed by atoms with Crippen LogP contribution in [0.5, 0.6) is 0 Å². The summed E-state index contributed by atoms with van der Waals surface area (Å²) in [6.07, 6.45) is 2.36. The molecule has 0 aromatic carbocycles. The van der Waals surface area contributed by atoms with Crippen LogP contribution >= 0.6 is 23.2 Å². The number of carbonyl (C=O) groups excluding carboxylic acids is 1. The summed E-state index contributed by atoms with van der Waals surface area (Å²) in [5.74, 6) is -0.157. The van der Waals surface area contributed by atoms with Gasteiger partial charge >= 0.3 is 0 Å². The first-order chi connectivity index (χ1) is 10.0. The molecule has 1 N–H and O–H groups in total. The highest BCUT2D eigenvalue weighted by Gasteiger charge is 2.32. The van der Waals surface area contributed by atoms with Crippen molar-refractivity contribution in [1.29, 1.82) is 0 Å². The zero-order valence-electron chi connectivity index (χ0n) is 11.4. The largest absolute Gasteiger partial charge is 0.387 e. The Balaban J connectivity index is 2.34. The van der Waals surface area contributed by atoms with Gasteiger partial charge in [-0.3, -0.25) is 4.79 Å². The number of rotatable bonds is 2. The zero-order chi connectivity index (χ0) is 15.1. The van der Waals surface area contributed by atoms with Gasteiger partial charge in [-0.25, -0.2) is 4.98 Å². The standard InChI is InChI=1S/C15H14Cl2N2O2/c1-8(20)11-12(16)13(9-4-2-6-18-15(9)17)19-7-3-5-10(21)14(11)19/h2,4,6,10,21H,3,5,7H2,1H3. The first-order valence-electron chi connectivity index (χ1n) is 6.74. The summed E-state index contributed by atoms with van der Waals surface area (Å²) in [7, 11) is 0. The number of carbonyl (C=O) groups is 1. The summed E-state index contributed by atoms with van der Waals surface area (Å²) in [6.45, 7) is 2.15. The van der Waals surface area contributed by atoms with Crippen LogP contribution in [0, 0.1) is 0 Å². The van der Waals surface area contributed by atoms with E-state index in [1.54, 1.807) is 12.3 Å². The number of fused-ring (bicyclic) bond motifs is 1. The molecule has 1 aliphatic heterocycles. The topological polar surface area (TPSA) is 55.1 Å². The van der Waals surface area contributed by atoms with E-state index in [4.69, 9.17) is 23.2 Å². The summed E-state index contributed by atoms with van der Waals surface area (Å²) in [4.78, 5) is 16.0. The van der Waals surface area contributed by atoms with Crippen LogP contribution in [0.4, 0.5) is 0 Å². The van der Waals surface area contributed by atoms with E-state index in [0.717, 1.165) is 6.42 Å². The van der Waals surface area contributed by atoms with Gasteiger partial charge in [0.15, 0.2) is 5.78 Å². The van der Waals surface area contributed by atoms with Crippen molar-refractivity contribution in [2.75, 3.05) is 0 Å². The predicted molar refractivity (Wildman–Crippen MR) is 81.9 cm³/mol. The summed E-state index contributed by atoms with van der Waals surface area (Å²) in [5.41, 5.74) is 2.31. The van der Waals surface area contributed by atoms with Gasteiger partial charge in [0.25, 0.3) is 0 Å². The van der Waals surface area contributed by atoms with Crippen molar-refractivity contribution < 1.29 is 9.90 Å². The average Bonchev–Trinajstić information content (AvgIpc) is 2.73. The van der Waals surface area contributed by atoms with Crippen LogP contribution in [-0.2, 0) is 6.54 Å². The average molecular weight is 325 g/mol. The fraction of sp³-hybridized carbons (Fsp3) is 0.333. The van der Waals surface area contributed by atoms with E-state index in [9.17, 15) is 9.90 Å². The zero-order valence-corrected chi connectivity index (χ0v) is 12.9. The minimum atomic E-state index is -0.681. The molecule has 0 spiro atoms. The van der Waals surface area contributed by atoms with Crippen molar-refractivity contribution in [3.63, 3.8) is 0 Å². The second-order valence-electron chi connectivity index (χ2n) is 5.13. The molecule has 21 heavy (non-hydrogen) atoms. The minimum absolute atomic E-state index is 0.157. The highest BCUT2D eigenvalue weighted by Crippen LogP contribution is 2.43. The maximum Gasteiger partial charge on any atom is 0.163 e. The smallest absolute Gasteiger partial charge is 0.163 e. The van der Waals surface area contributed by atoms with Crippen molar-refractivity contribution in [1.82, 2.24) is 9.55 Å².